The average Bonchev–Trinajstić information content (AvgIpc) is 3.09. The molecule has 52 heavy (non-hydrogen) atoms. The van der Waals surface area contributed by atoms with E-state index in [-0.39, 0.29) is 42.7 Å². The number of quaternary nitrogens is 1. The molecule has 2 atom stereocenters. The van der Waals surface area contributed by atoms with Gasteiger partial charge in [0.05, 0.1) is 34.4 Å². The van der Waals surface area contributed by atoms with Gasteiger partial charge in [-0.05, 0) is 44.9 Å². The number of carbonyl (C=O) groups is 3. The lowest BCUT2D eigenvalue weighted by Gasteiger charge is -2.31. The summed E-state index contributed by atoms with van der Waals surface area (Å²) >= 11 is 0. The van der Waals surface area contributed by atoms with Gasteiger partial charge in [-0.1, -0.05) is 145 Å². The maximum Gasteiger partial charge on any atom is 0.362 e. The van der Waals surface area contributed by atoms with E-state index in [1.807, 2.05) is 33.3 Å². The highest BCUT2D eigenvalue weighted by Crippen LogP contribution is 2.14. The summed E-state index contributed by atoms with van der Waals surface area (Å²) in [7, 11) is 5.49. The largest absolute Gasteiger partial charge is 0.477 e. The Hall–Kier alpha value is -2.97. The summed E-state index contributed by atoms with van der Waals surface area (Å²) in [4.78, 5) is 36.8. The number of carboxylic acid groups (broad SMARTS) is 1. The topological polar surface area (TPSA) is 99.1 Å². The Balaban J connectivity index is 4.51. The number of aliphatic carboxylic acids is 1. The molecule has 0 bridgehead atoms. The normalized spacial score (nSPS) is 13.6. The third-order valence-electron chi connectivity index (χ3n) is 8.70. The van der Waals surface area contributed by atoms with Crippen molar-refractivity contribution in [3.63, 3.8) is 0 Å². The summed E-state index contributed by atoms with van der Waals surface area (Å²) < 4.78 is 17.1. The van der Waals surface area contributed by atoms with Crippen LogP contribution in [-0.2, 0) is 28.6 Å². The molecule has 0 heterocycles. The van der Waals surface area contributed by atoms with Crippen LogP contribution in [-0.4, -0.2) is 80.6 Å². The van der Waals surface area contributed by atoms with Gasteiger partial charge in [0.2, 0.25) is 0 Å². The molecular weight excluding hydrogens is 654 g/mol. The molecule has 0 saturated carbocycles. The Morgan fingerprint density at radius 1 is 0.596 bits per heavy atom. The van der Waals surface area contributed by atoms with Gasteiger partial charge in [0.1, 0.15) is 6.61 Å². The predicted octanol–water partition coefficient (Wildman–Crippen LogP) is 10.6. The number of allylic oxidation sites excluding steroid dienone is 10. The van der Waals surface area contributed by atoms with Crippen LogP contribution in [0.15, 0.2) is 60.8 Å². The second-order valence-electron chi connectivity index (χ2n) is 14.5. The second kappa shape index (κ2) is 35.1. The lowest BCUT2D eigenvalue weighted by atomic mass is 10.0. The molecule has 0 radical (unpaired) electrons. The second-order valence-corrected chi connectivity index (χ2v) is 14.5. The van der Waals surface area contributed by atoms with E-state index in [9.17, 15) is 19.5 Å². The number of carbonyl (C=O) groups excluding carboxylic acids is 2. The van der Waals surface area contributed by atoms with Gasteiger partial charge in [-0.2, -0.15) is 0 Å². The number of nitrogens with zero attached hydrogens (tertiary/aromatic N) is 1. The Bertz CT molecular complexity index is 1040. The van der Waals surface area contributed by atoms with Crippen molar-refractivity contribution in [3.05, 3.63) is 60.8 Å². The zero-order valence-electron chi connectivity index (χ0n) is 33.7. The maximum atomic E-state index is 12.7. The molecule has 0 aromatic carbocycles. The monoisotopic (exact) mass is 731 g/mol. The quantitative estimate of drug-likeness (QED) is 0.0300. The Labute approximate surface area is 318 Å². The molecule has 0 amide bonds. The third kappa shape index (κ3) is 32.9. The molecule has 0 aliphatic rings. The first-order valence-electron chi connectivity index (χ1n) is 20.3. The van der Waals surface area contributed by atoms with Crippen LogP contribution in [0.5, 0.6) is 0 Å². The fourth-order valence-electron chi connectivity index (χ4n) is 5.55. The number of hydrogen-bond acceptors (Lipinski definition) is 6. The standard InChI is InChI=1S/C44H75NO7/c1-6-8-10-12-14-16-18-20-21-22-23-25-26-28-30-32-34-42(46)51-39-40(38-50-37-36-41(44(48)49)45(3,4)5)52-43(47)35-33-31-29-27-24-19-17-15-13-11-9-7-2/h8,10,14,16,20-21,23,25,28,30,40-41H,6-7,9,11-13,15,17-19,22,24,26-27,29,31-39H2,1-5H3/p+1/b10-8+,16-14+,21-20+,25-23+,30-28+. The van der Waals surface area contributed by atoms with Crippen molar-refractivity contribution in [2.45, 2.75) is 161 Å². The van der Waals surface area contributed by atoms with Gasteiger partial charge in [-0.3, -0.25) is 9.59 Å². The summed E-state index contributed by atoms with van der Waals surface area (Å²) in [6.45, 7) is 4.52. The average molecular weight is 731 g/mol. The van der Waals surface area contributed by atoms with Gasteiger partial charge in [-0.15, -0.1) is 0 Å². The molecule has 0 rings (SSSR count). The van der Waals surface area contributed by atoms with Crippen molar-refractivity contribution in [3.8, 4) is 0 Å². The highest BCUT2D eigenvalue weighted by atomic mass is 16.6. The van der Waals surface area contributed by atoms with Gasteiger partial charge in [0.25, 0.3) is 0 Å². The Morgan fingerprint density at radius 2 is 1.08 bits per heavy atom. The van der Waals surface area contributed by atoms with Gasteiger partial charge >= 0.3 is 17.9 Å². The van der Waals surface area contributed by atoms with Crippen LogP contribution in [0, 0.1) is 0 Å². The number of esters is 2. The smallest absolute Gasteiger partial charge is 0.362 e. The fourth-order valence-corrected chi connectivity index (χ4v) is 5.55. The van der Waals surface area contributed by atoms with Crippen molar-refractivity contribution in [1.82, 2.24) is 0 Å². The summed E-state index contributed by atoms with van der Waals surface area (Å²) in [5.74, 6) is -1.58. The first-order valence-corrected chi connectivity index (χ1v) is 20.3. The molecule has 0 aromatic rings. The molecule has 2 unspecified atom stereocenters. The van der Waals surface area contributed by atoms with Crippen molar-refractivity contribution >= 4 is 17.9 Å². The number of likely N-dealkylation sites (N-methyl/N-ethyl adjacent to an activating group) is 1. The molecule has 8 nitrogen and oxygen atoms in total. The zero-order chi connectivity index (χ0) is 38.5. The van der Waals surface area contributed by atoms with Crippen molar-refractivity contribution in [1.29, 1.82) is 0 Å². The van der Waals surface area contributed by atoms with E-state index in [4.69, 9.17) is 14.2 Å². The predicted molar refractivity (Wildman–Crippen MR) is 215 cm³/mol. The van der Waals surface area contributed by atoms with Crippen LogP contribution in [0.25, 0.3) is 0 Å². The van der Waals surface area contributed by atoms with Crippen LogP contribution in [0.1, 0.15) is 149 Å². The van der Waals surface area contributed by atoms with E-state index in [1.54, 1.807) is 0 Å². The zero-order valence-corrected chi connectivity index (χ0v) is 33.7. The molecule has 0 saturated heterocycles. The third-order valence-corrected chi connectivity index (χ3v) is 8.70. The summed E-state index contributed by atoms with van der Waals surface area (Å²) in [6, 6.07) is -0.624. The van der Waals surface area contributed by atoms with Crippen LogP contribution >= 0.6 is 0 Å². The summed E-state index contributed by atoms with van der Waals surface area (Å²) in [5, 5.41) is 9.59. The molecular formula is C44H76NO7+. The number of unbranched alkanes of at least 4 members (excludes halogenated alkanes) is 11. The van der Waals surface area contributed by atoms with Crippen molar-refractivity contribution in [2.24, 2.45) is 0 Å². The Kier molecular flexibility index (Phi) is 33.1. The molecule has 8 heteroatoms. The summed E-state index contributed by atoms with van der Waals surface area (Å²) in [6.07, 6.45) is 41.3. The van der Waals surface area contributed by atoms with E-state index in [2.05, 4.69) is 62.5 Å². The van der Waals surface area contributed by atoms with E-state index in [1.165, 1.54) is 57.8 Å². The SMILES string of the molecule is CC/C=C/C/C=C/C/C=C/C/C=C/C/C=C/CCC(=O)OCC(COCCC(C(=O)O)[N+](C)(C)C)OC(=O)CCCCCCCCCCCCCC. The maximum absolute atomic E-state index is 12.7. The van der Waals surface area contributed by atoms with E-state index in [0.29, 0.717) is 19.3 Å². The minimum Gasteiger partial charge on any atom is -0.477 e. The number of ether oxygens (including phenoxy) is 3. The van der Waals surface area contributed by atoms with Crippen LogP contribution < -0.4 is 0 Å². The lowest BCUT2D eigenvalue weighted by molar-refractivity contribution is -0.887. The summed E-state index contributed by atoms with van der Waals surface area (Å²) in [5.41, 5.74) is 0. The number of rotatable bonds is 35. The highest BCUT2D eigenvalue weighted by molar-refractivity contribution is 5.72. The number of hydrogen-bond donors (Lipinski definition) is 1. The van der Waals surface area contributed by atoms with E-state index >= 15 is 0 Å². The fraction of sp³-hybridized carbons (Fsp3) is 0.705. The van der Waals surface area contributed by atoms with Crippen LogP contribution in [0.3, 0.4) is 0 Å². The molecule has 0 fully saturated rings. The van der Waals surface area contributed by atoms with Crippen molar-refractivity contribution in [2.75, 3.05) is 41.0 Å². The molecule has 1 N–H and O–H groups in total. The first-order chi connectivity index (χ1) is 25.1. The van der Waals surface area contributed by atoms with Crippen molar-refractivity contribution < 1.29 is 38.2 Å². The van der Waals surface area contributed by atoms with Crippen LogP contribution in [0.2, 0.25) is 0 Å². The van der Waals surface area contributed by atoms with Gasteiger partial charge in [-0.25, -0.2) is 4.79 Å². The first kappa shape index (κ1) is 49.0. The van der Waals surface area contributed by atoms with E-state index in [0.717, 1.165) is 51.4 Å². The lowest BCUT2D eigenvalue weighted by Crippen LogP contribution is -2.50. The molecule has 0 spiro atoms. The van der Waals surface area contributed by atoms with E-state index < -0.39 is 18.1 Å². The molecule has 0 aromatic heterocycles. The molecule has 0 aliphatic carbocycles. The highest BCUT2D eigenvalue weighted by Gasteiger charge is 2.31. The minimum absolute atomic E-state index is 0.0374. The van der Waals surface area contributed by atoms with Gasteiger partial charge in [0.15, 0.2) is 12.1 Å². The van der Waals surface area contributed by atoms with Gasteiger partial charge in [0, 0.05) is 19.3 Å². The van der Waals surface area contributed by atoms with Crippen LogP contribution in [0.4, 0.5) is 0 Å². The minimum atomic E-state index is -0.886. The number of carboxylic acids is 1. The molecule has 0 aliphatic heterocycles. The molecule has 298 valence electrons. The Morgan fingerprint density at radius 3 is 1.56 bits per heavy atom. The van der Waals surface area contributed by atoms with Gasteiger partial charge < -0.3 is 23.8 Å².